The highest BCUT2D eigenvalue weighted by atomic mass is 19.3. The summed E-state index contributed by atoms with van der Waals surface area (Å²) in [6.07, 6.45) is 0.125. The number of halogens is 2. The third-order valence-electron chi connectivity index (χ3n) is 4.37. The maximum Gasteiger partial charge on any atom is 0.255 e. The fourth-order valence-corrected chi connectivity index (χ4v) is 3.13. The number of nitrogens with zero attached hydrogens (tertiary/aromatic N) is 1. The Morgan fingerprint density at radius 2 is 2.11 bits per heavy atom. The average Bonchev–Trinajstić information content (AvgIpc) is 3.19. The number of anilines is 1. The van der Waals surface area contributed by atoms with Crippen molar-refractivity contribution in [3.8, 4) is 0 Å². The number of benzene rings is 1. The van der Waals surface area contributed by atoms with Crippen molar-refractivity contribution >= 4 is 5.69 Å². The Morgan fingerprint density at radius 1 is 1.37 bits per heavy atom. The summed E-state index contributed by atoms with van der Waals surface area (Å²) >= 11 is 0. The minimum absolute atomic E-state index is 0.0477. The molecule has 1 atom stereocenters. The zero-order chi connectivity index (χ0) is 13.5. The summed E-state index contributed by atoms with van der Waals surface area (Å²) in [5, 5.41) is 3.59. The van der Waals surface area contributed by atoms with Crippen molar-refractivity contribution < 1.29 is 8.78 Å². The summed E-state index contributed by atoms with van der Waals surface area (Å²) in [6.45, 7) is 3.43. The quantitative estimate of drug-likeness (QED) is 0.904. The van der Waals surface area contributed by atoms with E-state index in [0.717, 1.165) is 17.8 Å². The van der Waals surface area contributed by atoms with E-state index in [1.54, 1.807) is 0 Å². The SMILES string of the molecule is CC1(C2CC2)CN(CC(F)F)c2ccccc2CN1. The fourth-order valence-electron chi connectivity index (χ4n) is 3.13. The second-order valence-corrected chi connectivity index (χ2v) is 5.95. The van der Waals surface area contributed by atoms with Gasteiger partial charge in [0, 0.05) is 24.3 Å². The second kappa shape index (κ2) is 4.75. The lowest BCUT2D eigenvalue weighted by Gasteiger charge is -2.35. The Hall–Kier alpha value is -1.16. The Kier molecular flexibility index (Phi) is 3.21. The van der Waals surface area contributed by atoms with Gasteiger partial charge in [0.2, 0.25) is 0 Å². The first-order valence-electron chi connectivity index (χ1n) is 6.94. The van der Waals surface area contributed by atoms with E-state index in [1.165, 1.54) is 12.8 Å². The molecule has 1 aliphatic heterocycles. The van der Waals surface area contributed by atoms with Crippen molar-refractivity contribution in [2.45, 2.75) is 38.3 Å². The minimum Gasteiger partial charge on any atom is -0.364 e. The summed E-state index contributed by atoms with van der Waals surface area (Å²) < 4.78 is 25.7. The summed E-state index contributed by atoms with van der Waals surface area (Å²) in [7, 11) is 0. The summed E-state index contributed by atoms with van der Waals surface area (Å²) in [5.74, 6) is 0.627. The van der Waals surface area contributed by atoms with Crippen LogP contribution in [0.25, 0.3) is 0 Å². The Morgan fingerprint density at radius 3 is 2.79 bits per heavy atom. The number of para-hydroxylation sites is 1. The molecular formula is C15H20F2N2. The van der Waals surface area contributed by atoms with Crippen LogP contribution in [-0.4, -0.2) is 25.1 Å². The van der Waals surface area contributed by atoms with E-state index < -0.39 is 6.43 Å². The predicted molar refractivity (Wildman–Crippen MR) is 72.6 cm³/mol. The van der Waals surface area contributed by atoms with Crippen LogP contribution in [0.3, 0.4) is 0 Å². The van der Waals surface area contributed by atoms with Gasteiger partial charge >= 0.3 is 0 Å². The highest BCUT2D eigenvalue weighted by Crippen LogP contribution is 2.42. The Balaban J connectivity index is 1.91. The molecule has 3 rings (SSSR count). The molecular weight excluding hydrogens is 246 g/mol. The smallest absolute Gasteiger partial charge is 0.255 e. The molecule has 1 aliphatic carbocycles. The topological polar surface area (TPSA) is 15.3 Å². The average molecular weight is 266 g/mol. The van der Waals surface area contributed by atoms with E-state index in [0.29, 0.717) is 12.5 Å². The van der Waals surface area contributed by atoms with Crippen LogP contribution in [0.15, 0.2) is 24.3 Å². The molecule has 1 aromatic rings. The zero-order valence-electron chi connectivity index (χ0n) is 11.2. The van der Waals surface area contributed by atoms with Gasteiger partial charge in [-0.05, 0) is 37.3 Å². The molecule has 1 unspecified atom stereocenters. The van der Waals surface area contributed by atoms with Crippen LogP contribution < -0.4 is 10.2 Å². The van der Waals surface area contributed by atoms with Gasteiger partial charge in [0.25, 0.3) is 6.43 Å². The van der Waals surface area contributed by atoms with Gasteiger partial charge in [0.15, 0.2) is 0 Å². The van der Waals surface area contributed by atoms with Gasteiger partial charge in [-0.25, -0.2) is 8.78 Å². The number of hydrogen-bond acceptors (Lipinski definition) is 2. The van der Waals surface area contributed by atoms with E-state index >= 15 is 0 Å². The number of fused-ring (bicyclic) bond motifs is 1. The Labute approximate surface area is 112 Å². The van der Waals surface area contributed by atoms with Crippen LogP contribution in [-0.2, 0) is 6.54 Å². The highest BCUT2D eigenvalue weighted by Gasteiger charge is 2.43. The molecule has 0 saturated heterocycles. The molecule has 1 heterocycles. The molecule has 104 valence electrons. The van der Waals surface area contributed by atoms with Gasteiger partial charge in [0.05, 0.1) is 6.54 Å². The van der Waals surface area contributed by atoms with E-state index in [-0.39, 0.29) is 12.1 Å². The van der Waals surface area contributed by atoms with Gasteiger partial charge in [-0.2, -0.15) is 0 Å². The molecule has 0 radical (unpaired) electrons. The predicted octanol–water partition coefficient (Wildman–Crippen LogP) is 3.03. The molecule has 2 aliphatic rings. The van der Waals surface area contributed by atoms with E-state index in [2.05, 4.69) is 12.2 Å². The summed E-state index contributed by atoms with van der Waals surface area (Å²) in [4.78, 5) is 1.86. The molecule has 1 fully saturated rings. The second-order valence-electron chi connectivity index (χ2n) is 5.95. The zero-order valence-corrected chi connectivity index (χ0v) is 11.2. The summed E-state index contributed by atoms with van der Waals surface area (Å²) in [5.41, 5.74) is 2.03. The van der Waals surface area contributed by atoms with E-state index in [1.807, 2.05) is 29.2 Å². The van der Waals surface area contributed by atoms with Crippen molar-refractivity contribution in [3.05, 3.63) is 29.8 Å². The molecule has 1 aromatic carbocycles. The highest BCUT2D eigenvalue weighted by molar-refractivity contribution is 5.55. The molecule has 0 aromatic heterocycles. The van der Waals surface area contributed by atoms with Gasteiger partial charge in [-0.15, -0.1) is 0 Å². The van der Waals surface area contributed by atoms with Crippen LogP contribution in [0, 0.1) is 5.92 Å². The summed E-state index contributed by atoms with van der Waals surface area (Å²) in [6, 6.07) is 7.88. The van der Waals surface area contributed by atoms with Gasteiger partial charge in [0.1, 0.15) is 0 Å². The van der Waals surface area contributed by atoms with Crippen molar-refractivity contribution in [2.75, 3.05) is 18.0 Å². The first-order valence-corrected chi connectivity index (χ1v) is 6.94. The normalized spacial score (nSPS) is 27.3. The first kappa shape index (κ1) is 12.9. The van der Waals surface area contributed by atoms with Gasteiger partial charge in [-0.1, -0.05) is 18.2 Å². The largest absolute Gasteiger partial charge is 0.364 e. The lowest BCUT2D eigenvalue weighted by atomic mass is 9.95. The number of nitrogens with one attached hydrogen (secondary N) is 1. The van der Waals surface area contributed by atoms with Crippen LogP contribution in [0.1, 0.15) is 25.3 Å². The van der Waals surface area contributed by atoms with Crippen LogP contribution in [0.5, 0.6) is 0 Å². The van der Waals surface area contributed by atoms with Crippen molar-refractivity contribution in [1.29, 1.82) is 0 Å². The van der Waals surface area contributed by atoms with E-state index in [4.69, 9.17) is 0 Å². The standard InChI is InChI=1S/C15H20F2N2/c1-15(12-6-7-12)10-19(9-14(16)17)13-5-3-2-4-11(13)8-18-15/h2-5,12,14,18H,6-10H2,1H3. The maximum absolute atomic E-state index is 12.9. The molecule has 2 nitrogen and oxygen atoms in total. The third-order valence-corrected chi connectivity index (χ3v) is 4.37. The monoisotopic (exact) mass is 266 g/mol. The fraction of sp³-hybridized carbons (Fsp3) is 0.600. The molecule has 1 N–H and O–H groups in total. The Bertz CT molecular complexity index is 459. The van der Waals surface area contributed by atoms with Crippen molar-refractivity contribution in [2.24, 2.45) is 5.92 Å². The van der Waals surface area contributed by atoms with Gasteiger partial charge in [-0.3, -0.25) is 0 Å². The van der Waals surface area contributed by atoms with Crippen LogP contribution in [0.4, 0.5) is 14.5 Å². The van der Waals surface area contributed by atoms with Crippen molar-refractivity contribution in [1.82, 2.24) is 5.32 Å². The first-order chi connectivity index (χ1) is 9.08. The molecule has 19 heavy (non-hydrogen) atoms. The minimum atomic E-state index is -2.30. The van der Waals surface area contributed by atoms with E-state index in [9.17, 15) is 8.78 Å². The van der Waals surface area contributed by atoms with Gasteiger partial charge < -0.3 is 10.2 Å². The lowest BCUT2D eigenvalue weighted by molar-refractivity contribution is 0.151. The van der Waals surface area contributed by atoms with Crippen molar-refractivity contribution in [3.63, 3.8) is 0 Å². The molecule has 0 spiro atoms. The number of rotatable bonds is 3. The molecule has 0 bridgehead atoms. The lowest BCUT2D eigenvalue weighted by Crippen LogP contribution is -2.51. The number of alkyl halides is 2. The molecule has 4 heteroatoms. The van der Waals surface area contributed by atoms with Crippen LogP contribution >= 0.6 is 0 Å². The maximum atomic E-state index is 12.9. The number of hydrogen-bond donors (Lipinski definition) is 1. The third kappa shape index (κ3) is 2.59. The molecule has 1 saturated carbocycles. The van der Waals surface area contributed by atoms with Crippen LogP contribution in [0.2, 0.25) is 0 Å². The molecule has 0 amide bonds.